The van der Waals surface area contributed by atoms with Crippen molar-refractivity contribution in [3.63, 3.8) is 0 Å². The number of carbonyl (C=O) groups is 2. The van der Waals surface area contributed by atoms with Gasteiger partial charge in [-0.15, -0.1) is 0 Å². The number of anilines is 1. The minimum atomic E-state index is -4.20. The van der Waals surface area contributed by atoms with E-state index in [4.69, 9.17) is 23.2 Å². The molecular weight excluding hydrogens is 545 g/mol. The number of rotatable bonds is 10. The van der Waals surface area contributed by atoms with Gasteiger partial charge < -0.3 is 10.2 Å². The van der Waals surface area contributed by atoms with Crippen LogP contribution in [0.15, 0.2) is 71.6 Å². The van der Waals surface area contributed by atoms with Gasteiger partial charge in [0, 0.05) is 23.1 Å². The van der Waals surface area contributed by atoms with Crippen molar-refractivity contribution in [1.29, 1.82) is 0 Å². The molecule has 0 aliphatic rings. The quantitative estimate of drug-likeness (QED) is 0.352. The van der Waals surface area contributed by atoms with E-state index in [1.165, 1.54) is 35.2 Å². The Kier molecular flexibility index (Phi) is 9.82. The number of nitrogens with one attached hydrogen (secondary N) is 1. The summed E-state index contributed by atoms with van der Waals surface area (Å²) in [4.78, 5) is 28.1. The normalized spacial score (nSPS) is 12.1. The Labute approximate surface area is 234 Å². The number of benzene rings is 3. The number of carbonyl (C=O) groups excluding carboxylic acids is 2. The van der Waals surface area contributed by atoms with Crippen LogP contribution in [-0.2, 0) is 26.2 Å². The number of sulfonamides is 1. The molecule has 0 aliphatic heterocycles. The molecule has 0 radical (unpaired) electrons. The Morgan fingerprint density at radius 1 is 0.947 bits per heavy atom. The van der Waals surface area contributed by atoms with Crippen LogP contribution in [0.2, 0.25) is 10.0 Å². The van der Waals surface area contributed by atoms with Crippen molar-refractivity contribution in [3.8, 4) is 0 Å². The first-order valence-corrected chi connectivity index (χ1v) is 14.3. The summed E-state index contributed by atoms with van der Waals surface area (Å²) in [6.45, 7) is 7.12. The predicted octanol–water partition coefficient (Wildman–Crippen LogP) is 5.36. The molecule has 0 heterocycles. The van der Waals surface area contributed by atoms with Gasteiger partial charge in [-0.25, -0.2) is 8.42 Å². The summed E-state index contributed by atoms with van der Waals surface area (Å²) < 4.78 is 28.6. The van der Waals surface area contributed by atoms with Gasteiger partial charge in [0.25, 0.3) is 10.0 Å². The standard InChI is InChI=1S/C28H31Cl2N3O4S/c1-5-31-28(35)21(4)32(17-22-9-7-6-8-20(22)3)27(34)18-33(25-15-23(29)14-24(30)16-25)38(36,37)26-12-10-19(2)11-13-26/h6-16,21H,5,17-18H2,1-4H3,(H,31,35). The third kappa shape index (κ3) is 7.07. The highest BCUT2D eigenvalue weighted by atomic mass is 35.5. The highest BCUT2D eigenvalue weighted by molar-refractivity contribution is 7.92. The number of hydrogen-bond donors (Lipinski definition) is 1. The fourth-order valence-electron chi connectivity index (χ4n) is 3.93. The van der Waals surface area contributed by atoms with E-state index >= 15 is 0 Å². The second-order valence-electron chi connectivity index (χ2n) is 8.97. The largest absolute Gasteiger partial charge is 0.355 e. The van der Waals surface area contributed by atoms with Crippen molar-refractivity contribution in [2.45, 2.75) is 45.2 Å². The van der Waals surface area contributed by atoms with Gasteiger partial charge in [-0.05, 0) is 69.2 Å². The molecule has 1 unspecified atom stereocenters. The van der Waals surface area contributed by atoms with Crippen molar-refractivity contribution >= 4 is 50.7 Å². The number of amides is 2. The van der Waals surface area contributed by atoms with Crippen LogP contribution in [0.4, 0.5) is 5.69 Å². The van der Waals surface area contributed by atoms with Gasteiger partial charge in [-0.2, -0.15) is 0 Å². The average Bonchev–Trinajstić information content (AvgIpc) is 2.86. The van der Waals surface area contributed by atoms with Crippen molar-refractivity contribution in [1.82, 2.24) is 10.2 Å². The minimum absolute atomic E-state index is 0.00854. The molecule has 1 atom stereocenters. The SMILES string of the molecule is CCNC(=O)C(C)N(Cc1ccccc1C)C(=O)CN(c1cc(Cl)cc(Cl)c1)S(=O)(=O)c1ccc(C)cc1. The Bertz CT molecular complexity index is 1390. The highest BCUT2D eigenvalue weighted by Crippen LogP contribution is 2.30. The maximum atomic E-state index is 13.9. The second kappa shape index (κ2) is 12.7. The first kappa shape index (κ1) is 29.5. The minimum Gasteiger partial charge on any atom is -0.355 e. The summed E-state index contributed by atoms with van der Waals surface area (Å²) in [5.74, 6) is -0.896. The molecule has 0 fully saturated rings. The third-order valence-electron chi connectivity index (χ3n) is 6.14. The molecule has 0 spiro atoms. The molecule has 3 aromatic carbocycles. The van der Waals surface area contributed by atoms with Crippen LogP contribution in [0.1, 0.15) is 30.5 Å². The van der Waals surface area contributed by atoms with Crippen LogP contribution >= 0.6 is 23.2 Å². The van der Waals surface area contributed by atoms with Crippen LogP contribution < -0.4 is 9.62 Å². The lowest BCUT2D eigenvalue weighted by Crippen LogP contribution is -2.51. The molecule has 7 nitrogen and oxygen atoms in total. The van der Waals surface area contributed by atoms with Crippen LogP contribution in [0, 0.1) is 13.8 Å². The summed E-state index contributed by atoms with van der Waals surface area (Å²) in [6.07, 6.45) is 0. The van der Waals surface area contributed by atoms with E-state index in [2.05, 4.69) is 5.32 Å². The molecular formula is C28H31Cl2N3O4S. The summed E-state index contributed by atoms with van der Waals surface area (Å²) in [7, 11) is -4.20. The van der Waals surface area contributed by atoms with Gasteiger partial charge >= 0.3 is 0 Å². The maximum absolute atomic E-state index is 13.9. The molecule has 0 saturated heterocycles. The summed E-state index contributed by atoms with van der Waals surface area (Å²) >= 11 is 12.4. The molecule has 0 aromatic heterocycles. The number of aryl methyl sites for hydroxylation is 2. The Morgan fingerprint density at radius 2 is 1.55 bits per heavy atom. The molecule has 10 heteroatoms. The summed E-state index contributed by atoms with van der Waals surface area (Å²) in [5, 5.41) is 3.18. The maximum Gasteiger partial charge on any atom is 0.264 e. The van der Waals surface area contributed by atoms with Gasteiger partial charge in [-0.3, -0.25) is 13.9 Å². The van der Waals surface area contributed by atoms with Gasteiger partial charge in [0.1, 0.15) is 12.6 Å². The van der Waals surface area contributed by atoms with Crippen molar-refractivity contribution in [2.75, 3.05) is 17.4 Å². The third-order valence-corrected chi connectivity index (χ3v) is 8.37. The zero-order valence-electron chi connectivity index (χ0n) is 21.7. The molecule has 3 rings (SSSR count). The average molecular weight is 577 g/mol. The Balaban J connectivity index is 2.08. The van der Waals surface area contributed by atoms with E-state index in [1.54, 1.807) is 26.0 Å². The van der Waals surface area contributed by atoms with Gasteiger partial charge in [0.2, 0.25) is 11.8 Å². The smallest absolute Gasteiger partial charge is 0.264 e. The Morgan fingerprint density at radius 3 is 2.13 bits per heavy atom. The van der Waals surface area contributed by atoms with Gasteiger partial charge in [0.05, 0.1) is 10.6 Å². The molecule has 0 saturated carbocycles. The lowest BCUT2D eigenvalue weighted by Gasteiger charge is -2.32. The molecule has 1 N–H and O–H groups in total. The van der Waals surface area contributed by atoms with Crippen LogP contribution in [0.5, 0.6) is 0 Å². The molecule has 2 amide bonds. The summed E-state index contributed by atoms with van der Waals surface area (Å²) in [6, 6.07) is 17.3. The topological polar surface area (TPSA) is 86.8 Å². The van der Waals surface area contributed by atoms with Crippen molar-refractivity contribution in [3.05, 3.63) is 93.5 Å². The number of halogens is 2. The van der Waals surface area contributed by atoms with Crippen molar-refractivity contribution in [2.24, 2.45) is 0 Å². The lowest BCUT2D eigenvalue weighted by molar-refractivity contribution is -0.139. The fourth-order valence-corrected chi connectivity index (χ4v) is 5.84. The molecule has 202 valence electrons. The van der Waals surface area contributed by atoms with E-state index < -0.39 is 28.5 Å². The van der Waals surface area contributed by atoms with Crippen LogP contribution in [-0.4, -0.2) is 44.3 Å². The monoisotopic (exact) mass is 575 g/mol. The second-order valence-corrected chi connectivity index (χ2v) is 11.7. The number of hydrogen-bond acceptors (Lipinski definition) is 4. The molecule has 38 heavy (non-hydrogen) atoms. The van der Waals surface area contributed by atoms with E-state index in [0.29, 0.717) is 6.54 Å². The van der Waals surface area contributed by atoms with Gasteiger partial charge in [0.15, 0.2) is 0 Å². The number of likely N-dealkylation sites (N-methyl/N-ethyl adjacent to an activating group) is 1. The zero-order valence-corrected chi connectivity index (χ0v) is 24.1. The summed E-state index contributed by atoms with van der Waals surface area (Å²) in [5.41, 5.74) is 2.81. The zero-order chi connectivity index (χ0) is 28.0. The van der Waals surface area contributed by atoms with Gasteiger partial charge in [-0.1, -0.05) is 65.2 Å². The van der Waals surface area contributed by atoms with E-state index in [-0.39, 0.29) is 33.1 Å². The lowest BCUT2D eigenvalue weighted by atomic mass is 10.1. The van der Waals surface area contributed by atoms with Crippen molar-refractivity contribution < 1.29 is 18.0 Å². The highest BCUT2D eigenvalue weighted by Gasteiger charge is 2.33. The van der Waals surface area contributed by atoms with E-state index in [1.807, 2.05) is 38.1 Å². The number of nitrogens with zero attached hydrogens (tertiary/aromatic N) is 2. The predicted molar refractivity (Wildman–Crippen MR) is 152 cm³/mol. The molecule has 3 aromatic rings. The first-order valence-electron chi connectivity index (χ1n) is 12.1. The van der Waals surface area contributed by atoms with Crippen LogP contribution in [0.25, 0.3) is 0 Å². The molecule has 0 bridgehead atoms. The first-order chi connectivity index (χ1) is 17.9. The van der Waals surface area contributed by atoms with E-state index in [9.17, 15) is 18.0 Å². The molecule has 0 aliphatic carbocycles. The fraction of sp³-hybridized carbons (Fsp3) is 0.286. The Hall–Kier alpha value is -3.07. The van der Waals surface area contributed by atoms with Crippen LogP contribution in [0.3, 0.4) is 0 Å². The van der Waals surface area contributed by atoms with E-state index in [0.717, 1.165) is 21.0 Å².